The van der Waals surface area contributed by atoms with Gasteiger partial charge < -0.3 is 24.8 Å². The number of halogens is 2. The Balaban J connectivity index is 1.36. The molecular weight excluding hydrogens is 698 g/mol. The highest BCUT2D eigenvalue weighted by Gasteiger charge is 2.35. The topological polar surface area (TPSA) is 126 Å². The predicted octanol–water partition coefficient (Wildman–Crippen LogP) is 6.54. The summed E-state index contributed by atoms with van der Waals surface area (Å²) in [6, 6.07) is 7.54. The lowest BCUT2D eigenvalue weighted by molar-refractivity contribution is -0.00174. The van der Waals surface area contributed by atoms with E-state index in [4.69, 9.17) is 9.72 Å². The molecule has 1 aliphatic rings. The maximum absolute atomic E-state index is 15.5. The molecule has 0 aliphatic carbocycles. The van der Waals surface area contributed by atoms with Gasteiger partial charge in [-0.15, -0.1) is 0 Å². The van der Waals surface area contributed by atoms with Crippen molar-refractivity contribution in [2.45, 2.75) is 32.6 Å². The number of anilines is 5. The van der Waals surface area contributed by atoms with Gasteiger partial charge in [-0.3, -0.25) is 19.5 Å². The lowest BCUT2D eigenvalue weighted by atomic mass is 10.0. The van der Waals surface area contributed by atoms with Crippen LogP contribution < -0.4 is 25.6 Å². The molecular formula is C33H39BrFN10O2P. The van der Waals surface area contributed by atoms with E-state index < -0.39 is 13.4 Å². The molecule has 6 rings (SSSR count). The van der Waals surface area contributed by atoms with Crippen molar-refractivity contribution >= 4 is 68.2 Å². The maximum Gasteiger partial charge on any atom is 0.229 e. The van der Waals surface area contributed by atoms with Crippen LogP contribution in [0.4, 0.5) is 33.2 Å². The molecule has 48 heavy (non-hydrogen) atoms. The van der Waals surface area contributed by atoms with E-state index in [9.17, 15) is 4.57 Å². The summed E-state index contributed by atoms with van der Waals surface area (Å²) in [6.45, 7) is 11.0. The zero-order valence-electron chi connectivity index (χ0n) is 28.0. The number of hydrogen-bond donors (Lipinski definition) is 2. The molecule has 1 atom stereocenters. The summed E-state index contributed by atoms with van der Waals surface area (Å²) in [4.78, 5) is 22.1. The first-order chi connectivity index (χ1) is 22.7. The van der Waals surface area contributed by atoms with Crippen molar-refractivity contribution in [3.8, 4) is 16.9 Å². The molecule has 1 fully saturated rings. The molecule has 0 amide bonds. The van der Waals surface area contributed by atoms with E-state index in [0.29, 0.717) is 62.8 Å². The zero-order valence-corrected chi connectivity index (χ0v) is 30.5. The van der Waals surface area contributed by atoms with Gasteiger partial charge >= 0.3 is 0 Å². The number of hydrogen-bond acceptors (Lipinski definition) is 11. The lowest BCUT2D eigenvalue weighted by Crippen LogP contribution is -2.57. The monoisotopic (exact) mass is 736 g/mol. The van der Waals surface area contributed by atoms with Gasteiger partial charge in [-0.25, -0.2) is 9.37 Å². The highest BCUT2D eigenvalue weighted by Crippen LogP contribution is 2.43. The molecule has 0 saturated carbocycles. The van der Waals surface area contributed by atoms with E-state index in [1.807, 2.05) is 63.2 Å². The Bertz CT molecular complexity index is 2030. The van der Waals surface area contributed by atoms with E-state index in [0.717, 1.165) is 16.8 Å². The number of aromatic nitrogens is 6. The summed E-state index contributed by atoms with van der Waals surface area (Å²) in [7, 11) is 0.665. The van der Waals surface area contributed by atoms with Crippen LogP contribution in [0.5, 0.6) is 5.75 Å². The quantitative estimate of drug-likeness (QED) is 0.133. The van der Waals surface area contributed by atoms with E-state index in [1.165, 1.54) is 0 Å². The second-order valence-electron chi connectivity index (χ2n) is 13.1. The minimum atomic E-state index is -2.79. The maximum atomic E-state index is 15.5. The van der Waals surface area contributed by atoms with Gasteiger partial charge in [0.1, 0.15) is 24.2 Å². The number of benzene rings is 2. The number of aryl methyl sites for hydroxylation is 1. The van der Waals surface area contributed by atoms with Crippen molar-refractivity contribution in [2.75, 3.05) is 55.6 Å². The molecule has 0 spiro atoms. The van der Waals surface area contributed by atoms with E-state index >= 15 is 4.39 Å². The van der Waals surface area contributed by atoms with Crippen molar-refractivity contribution in [3.63, 3.8) is 0 Å². The van der Waals surface area contributed by atoms with Crippen LogP contribution in [0.3, 0.4) is 0 Å². The van der Waals surface area contributed by atoms with Crippen molar-refractivity contribution < 1.29 is 13.7 Å². The molecule has 15 heteroatoms. The van der Waals surface area contributed by atoms with E-state index in [2.05, 4.69) is 51.5 Å². The van der Waals surface area contributed by atoms with Crippen LogP contribution in [0.25, 0.3) is 22.2 Å². The van der Waals surface area contributed by atoms with Crippen LogP contribution in [-0.2, 0) is 11.6 Å². The third kappa shape index (κ3) is 6.87. The van der Waals surface area contributed by atoms with Gasteiger partial charge in [-0.1, -0.05) is 0 Å². The van der Waals surface area contributed by atoms with Crippen LogP contribution in [0.1, 0.15) is 20.8 Å². The summed E-state index contributed by atoms with van der Waals surface area (Å²) in [5.74, 6) is 1.30. The van der Waals surface area contributed by atoms with Crippen LogP contribution in [0.2, 0.25) is 0 Å². The molecule has 3 aromatic heterocycles. The van der Waals surface area contributed by atoms with Crippen LogP contribution in [0, 0.1) is 0 Å². The first-order valence-corrected chi connectivity index (χ1v) is 18.8. The third-order valence-electron chi connectivity index (χ3n) is 8.25. The zero-order chi connectivity index (χ0) is 34.4. The smallest absolute Gasteiger partial charge is 0.229 e. The minimum Gasteiger partial charge on any atom is -0.494 e. The molecule has 2 N–H and O–H groups in total. The van der Waals surface area contributed by atoms with Crippen molar-refractivity contribution in [1.82, 2.24) is 34.6 Å². The summed E-state index contributed by atoms with van der Waals surface area (Å²) >= 11 is 3.56. The van der Waals surface area contributed by atoms with Crippen molar-refractivity contribution in [2.24, 2.45) is 7.05 Å². The van der Waals surface area contributed by atoms with Crippen LogP contribution >= 0.6 is 23.1 Å². The molecule has 2 aromatic carbocycles. The first-order valence-electron chi connectivity index (χ1n) is 15.5. The molecule has 1 unspecified atom stereocenters. The van der Waals surface area contributed by atoms with Gasteiger partial charge in [0, 0.05) is 73.3 Å². The number of nitrogens with zero attached hydrogens (tertiary/aromatic N) is 8. The van der Waals surface area contributed by atoms with Gasteiger partial charge in [-0.2, -0.15) is 10.1 Å². The molecule has 0 radical (unpaired) electrons. The molecule has 1 saturated heterocycles. The first kappa shape index (κ1) is 33.8. The molecule has 5 aromatic rings. The fraction of sp³-hybridized carbons (Fsp3) is 0.364. The standard InChI is InChI=1S/C33H39BrFN10O2P/c1-33(2,3)45-13-12-44(19-28(45)35)26-15-27(47-5)25(14-21(26)20-16-39-43(4)18-20)41-32-38-17-22(34)31(42-32)40-24-9-8-23-29(37-11-10-36-23)30(24)48(6,7)46/h8-11,14-18,28H,12-13,19H2,1-7H3,(H2,38,40,41,42). The SMILES string of the molecule is COc1cc(N2CCN(C(C)(C)C)C(F)C2)c(-c2cnn(C)c2)cc1Nc1ncc(Br)c(Nc2ccc3nccnc3c2P(C)(C)=O)n1. The Morgan fingerprint density at radius 1 is 1.04 bits per heavy atom. The molecule has 4 heterocycles. The largest absolute Gasteiger partial charge is 0.494 e. The number of ether oxygens (including phenoxy) is 1. The number of rotatable bonds is 8. The van der Waals surface area contributed by atoms with Crippen molar-refractivity contribution in [1.29, 1.82) is 0 Å². The van der Waals surface area contributed by atoms with Crippen LogP contribution in [0.15, 0.2) is 59.7 Å². The van der Waals surface area contributed by atoms with Gasteiger partial charge in [0.2, 0.25) is 5.95 Å². The lowest BCUT2D eigenvalue weighted by Gasteiger charge is -2.45. The highest BCUT2D eigenvalue weighted by molar-refractivity contribution is 9.10. The van der Waals surface area contributed by atoms with Gasteiger partial charge in [0.25, 0.3) is 0 Å². The average molecular weight is 738 g/mol. The Morgan fingerprint density at radius 2 is 1.81 bits per heavy atom. The summed E-state index contributed by atoms with van der Waals surface area (Å²) < 4.78 is 37.2. The molecule has 252 valence electrons. The average Bonchev–Trinajstić information content (AvgIpc) is 3.47. The van der Waals surface area contributed by atoms with Gasteiger partial charge in [-0.05, 0) is 68.2 Å². The Hall–Kier alpha value is -4.13. The number of nitrogens with one attached hydrogen (secondary N) is 2. The summed E-state index contributed by atoms with van der Waals surface area (Å²) in [6.07, 6.45) is 7.42. The fourth-order valence-corrected chi connectivity index (χ4v) is 7.72. The molecule has 12 nitrogen and oxygen atoms in total. The fourth-order valence-electron chi connectivity index (χ4n) is 6.03. The Morgan fingerprint density at radius 3 is 2.48 bits per heavy atom. The number of alkyl halides is 1. The number of fused-ring (bicyclic) bond motifs is 1. The van der Waals surface area contributed by atoms with E-state index in [1.54, 1.807) is 49.9 Å². The van der Waals surface area contributed by atoms with Crippen LogP contribution in [-0.4, -0.2) is 86.5 Å². The minimum absolute atomic E-state index is 0.218. The normalized spacial score (nSPS) is 15.9. The Kier molecular flexibility index (Phi) is 9.18. The summed E-state index contributed by atoms with van der Waals surface area (Å²) in [5, 5.41) is 11.6. The summed E-state index contributed by atoms with van der Waals surface area (Å²) in [5.41, 5.74) is 4.76. The third-order valence-corrected chi connectivity index (χ3v) is 10.4. The van der Waals surface area contributed by atoms with Crippen molar-refractivity contribution in [3.05, 3.63) is 59.7 Å². The van der Waals surface area contributed by atoms with E-state index in [-0.39, 0.29) is 12.1 Å². The second kappa shape index (κ2) is 13.1. The van der Waals surface area contributed by atoms with Gasteiger partial charge in [0.15, 0.2) is 6.30 Å². The second-order valence-corrected chi connectivity index (χ2v) is 17.1. The molecule has 1 aliphatic heterocycles. The Labute approximate surface area is 287 Å². The molecule has 0 bridgehead atoms. The highest BCUT2D eigenvalue weighted by atomic mass is 79.9. The van der Waals surface area contributed by atoms with Gasteiger partial charge in [0.05, 0.1) is 46.5 Å². The predicted molar refractivity (Wildman–Crippen MR) is 194 cm³/mol. The number of methoxy groups -OCH3 is 1. The number of piperazine rings is 1.